The van der Waals surface area contributed by atoms with Crippen LogP contribution in [0, 0.1) is 11.8 Å². The van der Waals surface area contributed by atoms with Crippen LogP contribution in [0.5, 0.6) is 0 Å². The van der Waals surface area contributed by atoms with Gasteiger partial charge in [0, 0.05) is 0 Å². The highest BCUT2D eigenvalue weighted by molar-refractivity contribution is 5.27. The van der Waals surface area contributed by atoms with Crippen LogP contribution in [0.2, 0.25) is 0 Å². The SMILES string of the molecule is CCC1CCC(O)(C2CC2c2ccccc2)CC1. The van der Waals surface area contributed by atoms with Gasteiger partial charge in [0.05, 0.1) is 5.60 Å². The zero-order valence-corrected chi connectivity index (χ0v) is 11.3. The summed E-state index contributed by atoms with van der Waals surface area (Å²) in [4.78, 5) is 0. The molecule has 1 aromatic carbocycles. The molecule has 2 atom stereocenters. The van der Waals surface area contributed by atoms with E-state index in [0.717, 1.165) is 18.8 Å². The molecule has 98 valence electrons. The van der Waals surface area contributed by atoms with Crippen molar-refractivity contribution in [2.24, 2.45) is 11.8 Å². The fraction of sp³-hybridized carbons (Fsp3) is 0.647. The maximum absolute atomic E-state index is 10.9. The molecule has 3 rings (SSSR count). The largest absolute Gasteiger partial charge is 0.390 e. The Hall–Kier alpha value is -0.820. The molecule has 2 unspecified atom stereocenters. The lowest BCUT2D eigenvalue weighted by Gasteiger charge is -2.36. The summed E-state index contributed by atoms with van der Waals surface area (Å²) in [6.07, 6.45) is 6.98. The zero-order chi connectivity index (χ0) is 12.6. The second-order valence-corrected chi connectivity index (χ2v) is 6.31. The average molecular weight is 244 g/mol. The minimum Gasteiger partial charge on any atom is -0.390 e. The highest BCUT2D eigenvalue weighted by Crippen LogP contribution is 2.57. The summed E-state index contributed by atoms with van der Waals surface area (Å²) in [5.41, 5.74) is 1.07. The summed E-state index contributed by atoms with van der Waals surface area (Å²) in [6.45, 7) is 2.28. The molecule has 2 fully saturated rings. The molecule has 0 radical (unpaired) electrons. The van der Waals surface area contributed by atoms with Crippen molar-refractivity contribution in [3.8, 4) is 0 Å². The quantitative estimate of drug-likeness (QED) is 0.848. The van der Waals surface area contributed by atoms with Crippen LogP contribution in [-0.2, 0) is 0 Å². The van der Waals surface area contributed by atoms with Gasteiger partial charge in [0.1, 0.15) is 0 Å². The molecule has 0 saturated heterocycles. The standard InChI is InChI=1S/C17H24O/c1-2-13-8-10-17(18,11-9-13)16-12-15(16)14-6-4-3-5-7-14/h3-7,13,15-16,18H,2,8-12H2,1H3. The molecular formula is C17H24O. The van der Waals surface area contributed by atoms with E-state index >= 15 is 0 Å². The summed E-state index contributed by atoms with van der Waals surface area (Å²) >= 11 is 0. The Morgan fingerprint density at radius 2 is 1.83 bits per heavy atom. The van der Waals surface area contributed by atoms with Gasteiger partial charge in [-0.3, -0.25) is 0 Å². The van der Waals surface area contributed by atoms with Crippen molar-refractivity contribution in [1.29, 1.82) is 0 Å². The Balaban J connectivity index is 1.64. The van der Waals surface area contributed by atoms with Crippen LogP contribution in [-0.4, -0.2) is 10.7 Å². The van der Waals surface area contributed by atoms with E-state index in [1.54, 1.807) is 0 Å². The number of benzene rings is 1. The molecule has 0 heterocycles. The van der Waals surface area contributed by atoms with Crippen molar-refractivity contribution in [3.63, 3.8) is 0 Å². The van der Waals surface area contributed by atoms with Gasteiger partial charge in [0.2, 0.25) is 0 Å². The Kier molecular flexibility index (Phi) is 3.19. The third-order valence-electron chi connectivity index (χ3n) is 5.26. The first-order valence-corrected chi connectivity index (χ1v) is 7.50. The van der Waals surface area contributed by atoms with Gasteiger partial charge >= 0.3 is 0 Å². The van der Waals surface area contributed by atoms with Gasteiger partial charge in [-0.2, -0.15) is 0 Å². The van der Waals surface area contributed by atoms with Gasteiger partial charge in [-0.1, -0.05) is 43.7 Å². The van der Waals surface area contributed by atoms with Gasteiger partial charge in [0.15, 0.2) is 0 Å². The first kappa shape index (κ1) is 12.2. The Labute approximate surface area is 110 Å². The molecule has 1 nitrogen and oxygen atoms in total. The van der Waals surface area contributed by atoms with Gasteiger partial charge in [-0.15, -0.1) is 0 Å². The lowest BCUT2D eigenvalue weighted by Crippen LogP contribution is -2.36. The third kappa shape index (κ3) is 2.21. The number of aliphatic hydroxyl groups is 1. The van der Waals surface area contributed by atoms with Crippen molar-refractivity contribution in [2.75, 3.05) is 0 Å². The topological polar surface area (TPSA) is 20.2 Å². The van der Waals surface area contributed by atoms with Crippen LogP contribution >= 0.6 is 0 Å². The zero-order valence-electron chi connectivity index (χ0n) is 11.3. The molecule has 1 N–H and O–H groups in total. The van der Waals surface area contributed by atoms with Gasteiger partial charge in [-0.25, -0.2) is 0 Å². The van der Waals surface area contributed by atoms with Crippen LogP contribution in [0.15, 0.2) is 30.3 Å². The predicted octanol–water partition coefficient (Wildman–Crippen LogP) is 4.12. The van der Waals surface area contributed by atoms with Crippen molar-refractivity contribution in [2.45, 2.75) is 57.0 Å². The van der Waals surface area contributed by atoms with E-state index in [-0.39, 0.29) is 5.60 Å². The van der Waals surface area contributed by atoms with Crippen molar-refractivity contribution in [1.82, 2.24) is 0 Å². The van der Waals surface area contributed by atoms with E-state index in [1.165, 1.54) is 31.2 Å². The van der Waals surface area contributed by atoms with E-state index in [9.17, 15) is 5.11 Å². The highest BCUT2D eigenvalue weighted by atomic mass is 16.3. The van der Waals surface area contributed by atoms with E-state index in [4.69, 9.17) is 0 Å². The molecule has 0 amide bonds. The van der Waals surface area contributed by atoms with Crippen LogP contribution < -0.4 is 0 Å². The second kappa shape index (κ2) is 4.70. The summed E-state index contributed by atoms with van der Waals surface area (Å²) in [6, 6.07) is 10.7. The first-order chi connectivity index (χ1) is 8.73. The molecule has 0 aliphatic heterocycles. The van der Waals surface area contributed by atoms with Crippen molar-refractivity contribution < 1.29 is 5.11 Å². The minimum absolute atomic E-state index is 0.355. The predicted molar refractivity (Wildman–Crippen MR) is 74.5 cm³/mol. The Morgan fingerprint density at radius 3 is 2.44 bits per heavy atom. The minimum atomic E-state index is -0.355. The van der Waals surface area contributed by atoms with Crippen LogP contribution in [0.25, 0.3) is 0 Å². The number of hydrogen-bond acceptors (Lipinski definition) is 1. The van der Waals surface area contributed by atoms with Gasteiger partial charge < -0.3 is 5.11 Å². The van der Waals surface area contributed by atoms with E-state index in [2.05, 4.69) is 37.3 Å². The molecule has 2 saturated carbocycles. The normalized spacial score (nSPS) is 39.6. The molecule has 0 bridgehead atoms. The van der Waals surface area contributed by atoms with E-state index in [0.29, 0.717) is 11.8 Å². The monoisotopic (exact) mass is 244 g/mol. The average Bonchev–Trinajstić information content (AvgIpc) is 3.22. The van der Waals surface area contributed by atoms with Gasteiger partial charge in [0.25, 0.3) is 0 Å². The fourth-order valence-electron chi connectivity index (χ4n) is 3.81. The van der Waals surface area contributed by atoms with Crippen molar-refractivity contribution in [3.05, 3.63) is 35.9 Å². The number of rotatable bonds is 3. The molecule has 2 aliphatic rings. The fourth-order valence-corrected chi connectivity index (χ4v) is 3.81. The summed E-state index contributed by atoms with van der Waals surface area (Å²) in [7, 11) is 0. The molecule has 2 aliphatic carbocycles. The van der Waals surface area contributed by atoms with Crippen LogP contribution in [0.1, 0.15) is 56.9 Å². The van der Waals surface area contributed by atoms with Crippen LogP contribution in [0.4, 0.5) is 0 Å². The summed E-state index contributed by atoms with van der Waals surface area (Å²) in [5, 5.41) is 10.9. The highest BCUT2D eigenvalue weighted by Gasteiger charge is 2.52. The summed E-state index contributed by atoms with van der Waals surface area (Å²) in [5.74, 6) is 2.01. The first-order valence-electron chi connectivity index (χ1n) is 7.50. The van der Waals surface area contributed by atoms with E-state index in [1.807, 2.05) is 0 Å². The second-order valence-electron chi connectivity index (χ2n) is 6.31. The molecule has 1 heteroatoms. The van der Waals surface area contributed by atoms with Gasteiger partial charge in [-0.05, 0) is 55.4 Å². The van der Waals surface area contributed by atoms with Crippen LogP contribution in [0.3, 0.4) is 0 Å². The lowest BCUT2D eigenvalue weighted by molar-refractivity contribution is -0.0308. The molecule has 1 aromatic rings. The molecule has 0 spiro atoms. The number of hydrogen-bond donors (Lipinski definition) is 1. The molecular weight excluding hydrogens is 220 g/mol. The van der Waals surface area contributed by atoms with E-state index < -0.39 is 0 Å². The summed E-state index contributed by atoms with van der Waals surface area (Å²) < 4.78 is 0. The molecule has 18 heavy (non-hydrogen) atoms. The Bertz CT molecular complexity index is 389. The van der Waals surface area contributed by atoms with Crippen molar-refractivity contribution >= 4 is 0 Å². The lowest BCUT2D eigenvalue weighted by atomic mass is 9.74. The molecule has 0 aromatic heterocycles. The smallest absolute Gasteiger partial charge is 0.0682 e. The maximum Gasteiger partial charge on any atom is 0.0682 e. The Morgan fingerprint density at radius 1 is 1.17 bits per heavy atom. The maximum atomic E-state index is 10.9. The third-order valence-corrected chi connectivity index (χ3v) is 5.26.